The minimum absolute atomic E-state index is 0.242. The Morgan fingerprint density at radius 2 is 2.33 bits per heavy atom. The molecule has 6 heteroatoms. The monoisotopic (exact) mass is 268 g/mol. The Bertz CT molecular complexity index is 407. The highest BCUT2D eigenvalue weighted by Crippen LogP contribution is 2.17. The summed E-state index contributed by atoms with van der Waals surface area (Å²) in [6.45, 7) is 6.12. The molecule has 2 heterocycles. The van der Waals surface area contributed by atoms with Gasteiger partial charge in [-0.2, -0.15) is 0 Å². The molecule has 0 saturated carbocycles. The second-order valence-electron chi connectivity index (χ2n) is 4.61. The van der Waals surface area contributed by atoms with E-state index in [1.807, 2.05) is 4.90 Å². The Kier molecular flexibility index (Phi) is 4.54. The number of rotatable bonds is 4. The van der Waals surface area contributed by atoms with Crippen molar-refractivity contribution in [3.8, 4) is 0 Å². The predicted molar refractivity (Wildman–Crippen MR) is 73.3 cm³/mol. The van der Waals surface area contributed by atoms with Crippen molar-refractivity contribution >= 4 is 22.4 Å². The van der Waals surface area contributed by atoms with Gasteiger partial charge in [0, 0.05) is 37.3 Å². The second-order valence-corrected chi connectivity index (χ2v) is 5.76. The maximum Gasteiger partial charge on any atom is 0.236 e. The Morgan fingerprint density at radius 1 is 1.50 bits per heavy atom. The van der Waals surface area contributed by atoms with Crippen molar-refractivity contribution in [1.29, 1.82) is 0 Å². The predicted octanol–water partition coefficient (Wildman–Crippen LogP) is 1.17. The van der Waals surface area contributed by atoms with Gasteiger partial charge in [0.05, 0.1) is 6.54 Å². The summed E-state index contributed by atoms with van der Waals surface area (Å²) in [4.78, 5) is 21.4. The highest BCUT2D eigenvalue weighted by Gasteiger charge is 2.21. The Hall–Kier alpha value is -1.14. The number of aromatic nitrogens is 1. The largest absolute Gasteiger partial charge is 0.375 e. The minimum Gasteiger partial charge on any atom is -0.375 e. The second kappa shape index (κ2) is 6.15. The number of nitrogens with two attached hydrogens (primary N) is 1. The van der Waals surface area contributed by atoms with Crippen molar-refractivity contribution in [3.63, 3.8) is 0 Å². The molecule has 100 valence electrons. The third kappa shape index (κ3) is 3.43. The molecule has 5 nitrogen and oxygen atoms in total. The standard InChI is InChI=1S/C12H20N4OS/c1-2-4-16-6-3-5-15(9-11(16)17)8-10-7-14-12(13)18-10/h7H,2-6,8-9H2,1H3,(H2,13,14). The summed E-state index contributed by atoms with van der Waals surface area (Å²) in [5.41, 5.74) is 5.62. The van der Waals surface area contributed by atoms with Crippen LogP contribution in [0, 0.1) is 0 Å². The van der Waals surface area contributed by atoms with Crippen molar-refractivity contribution in [1.82, 2.24) is 14.8 Å². The summed E-state index contributed by atoms with van der Waals surface area (Å²) in [5, 5.41) is 0.596. The van der Waals surface area contributed by atoms with E-state index >= 15 is 0 Å². The fraction of sp³-hybridized carbons (Fsp3) is 0.667. The van der Waals surface area contributed by atoms with Crippen LogP contribution in [0.5, 0.6) is 0 Å². The highest BCUT2D eigenvalue weighted by atomic mass is 32.1. The molecule has 18 heavy (non-hydrogen) atoms. The van der Waals surface area contributed by atoms with Gasteiger partial charge in [0.1, 0.15) is 0 Å². The first-order valence-electron chi connectivity index (χ1n) is 6.39. The lowest BCUT2D eigenvalue weighted by atomic mass is 10.3. The molecule has 1 aromatic rings. The summed E-state index contributed by atoms with van der Waals surface area (Å²) >= 11 is 1.50. The molecule has 2 N–H and O–H groups in total. The summed E-state index contributed by atoms with van der Waals surface area (Å²) < 4.78 is 0. The third-order valence-corrected chi connectivity index (χ3v) is 3.87. The Balaban J connectivity index is 1.93. The molecule has 0 radical (unpaired) electrons. The third-order valence-electron chi connectivity index (χ3n) is 3.06. The van der Waals surface area contributed by atoms with E-state index in [2.05, 4.69) is 16.8 Å². The van der Waals surface area contributed by atoms with Crippen LogP contribution in [0.2, 0.25) is 0 Å². The number of thiazole rings is 1. The smallest absolute Gasteiger partial charge is 0.236 e. The van der Waals surface area contributed by atoms with Gasteiger partial charge in [-0.25, -0.2) is 4.98 Å². The van der Waals surface area contributed by atoms with Gasteiger partial charge in [0.15, 0.2) is 5.13 Å². The van der Waals surface area contributed by atoms with E-state index in [0.717, 1.165) is 43.9 Å². The number of carbonyl (C=O) groups is 1. The number of anilines is 1. The molecular formula is C12H20N4OS. The van der Waals surface area contributed by atoms with Crippen molar-refractivity contribution in [2.75, 3.05) is 31.9 Å². The van der Waals surface area contributed by atoms with Crippen LogP contribution in [-0.2, 0) is 11.3 Å². The number of hydrogen-bond acceptors (Lipinski definition) is 5. The minimum atomic E-state index is 0.242. The lowest BCUT2D eigenvalue weighted by molar-refractivity contribution is -0.131. The first-order chi connectivity index (χ1) is 8.69. The molecule has 1 amide bonds. The fourth-order valence-corrected chi connectivity index (χ4v) is 2.96. The van der Waals surface area contributed by atoms with Gasteiger partial charge in [0.2, 0.25) is 5.91 Å². The van der Waals surface area contributed by atoms with Crippen LogP contribution >= 0.6 is 11.3 Å². The molecule has 1 aromatic heterocycles. The molecule has 0 atom stereocenters. The number of hydrogen-bond donors (Lipinski definition) is 1. The van der Waals surface area contributed by atoms with Crippen molar-refractivity contribution in [2.24, 2.45) is 0 Å². The molecule has 1 aliphatic heterocycles. The number of nitrogens with zero attached hydrogens (tertiary/aromatic N) is 3. The summed E-state index contributed by atoms with van der Waals surface area (Å²) in [7, 11) is 0. The van der Waals surface area contributed by atoms with Crippen LogP contribution in [0.3, 0.4) is 0 Å². The van der Waals surface area contributed by atoms with Crippen molar-refractivity contribution < 1.29 is 4.79 Å². The van der Waals surface area contributed by atoms with E-state index in [0.29, 0.717) is 11.7 Å². The quantitative estimate of drug-likeness (QED) is 0.890. The molecular weight excluding hydrogens is 248 g/mol. The lowest BCUT2D eigenvalue weighted by Crippen LogP contribution is -2.36. The number of nitrogen functional groups attached to an aromatic ring is 1. The zero-order valence-corrected chi connectivity index (χ0v) is 11.6. The van der Waals surface area contributed by atoms with Gasteiger partial charge < -0.3 is 10.6 Å². The van der Waals surface area contributed by atoms with Crippen LogP contribution in [0.1, 0.15) is 24.6 Å². The maximum absolute atomic E-state index is 12.1. The van der Waals surface area contributed by atoms with Crippen molar-refractivity contribution in [3.05, 3.63) is 11.1 Å². The van der Waals surface area contributed by atoms with Crippen LogP contribution in [0.4, 0.5) is 5.13 Å². The van der Waals surface area contributed by atoms with Gasteiger partial charge in [-0.05, 0) is 12.8 Å². The fourth-order valence-electron chi connectivity index (χ4n) is 2.24. The van der Waals surface area contributed by atoms with E-state index in [4.69, 9.17) is 5.73 Å². The van der Waals surface area contributed by atoms with E-state index in [1.54, 1.807) is 6.20 Å². The van der Waals surface area contributed by atoms with Crippen LogP contribution in [-0.4, -0.2) is 46.9 Å². The van der Waals surface area contributed by atoms with Gasteiger partial charge in [0.25, 0.3) is 0 Å². The van der Waals surface area contributed by atoms with Gasteiger partial charge in [-0.15, -0.1) is 11.3 Å². The SMILES string of the molecule is CCCN1CCCN(Cc2cnc(N)s2)CC1=O. The van der Waals surface area contributed by atoms with E-state index in [9.17, 15) is 4.79 Å². The number of carbonyl (C=O) groups excluding carboxylic acids is 1. The lowest BCUT2D eigenvalue weighted by Gasteiger charge is -2.20. The normalized spacial score (nSPS) is 18.1. The Labute approximate surface area is 112 Å². The van der Waals surface area contributed by atoms with Crippen molar-refractivity contribution in [2.45, 2.75) is 26.3 Å². The Morgan fingerprint density at radius 3 is 3.00 bits per heavy atom. The zero-order chi connectivity index (χ0) is 13.0. The average Bonchev–Trinajstić information content (AvgIpc) is 2.65. The van der Waals surface area contributed by atoms with Crippen LogP contribution < -0.4 is 5.73 Å². The molecule has 0 aromatic carbocycles. The van der Waals surface area contributed by atoms with Crippen LogP contribution in [0.25, 0.3) is 0 Å². The highest BCUT2D eigenvalue weighted by molar-refractivity contribution is 7.15. The molecule has 2 rings (SSSR count). The van der Waals surface area contributed by atoms with E-state index in [-0.39, 0.29) is 5.91 Å². The van der Waals surface area contributed by atoms with E-state index in [1.165, 1.54) is 11.3 Å². The molecule has 1 fully saturated rings. The molecule has 0 bridgehead atoms. The van der Waals surface area contributed by atoms with Gasteiger partial charge in [-0.1, -0.05) is 6.92 Å². The zero-order valence-electron chi connectivity index (χ0n) is 10.8. The van der Waals surface area contributed by atoms with Gasteiger partial charge in [-0.3, -0.25) is 9.69 Å². The molecule has 1 aliphatic rings. The number of amides is 1. The van der Waals surface area contributed by atoms with Crippen LogP contribution in [0.15, 0.2) is 6.20 Å². The summed E-state index contributed by atoms with van der Waals surface area (Å²) in [5.74, 6) is 0.242. The molecule has 0 aliphatic carbocycles. The van der Waals surface area contributed by atoms with Gasteiger partial charge >= 0.3 is 0 Å². The topological polar surface area (TPSA) is 62.5 Å². The maximum atomic E-state index is 12.1. The summed E-state index contributed by atoms with van der Waals surface area (Å²) in [6, 6.07) is 0. The molecule has 1 saturated heterocycles. The first kappa shape index (κ1) is 13.3. The summed E-state index contributed by atoms with van der Waals surface area (Å²) in [6.07, 6.45) is 3.87. The average molecular weight is 268 g/mol. The molecule has 0 spiro atoms. The first-order valence-corrected chi connectivity index (χ1v) is 7.21. The van der Waals surface area contributed by atoms with E-state index < -0.39 is 0 Å². The molecule has 0 unspecified atom stereocenters.